The average molecular weight is 176 g/mol. The molecule has 1 N–H and O–H groups in total. The van der Waals surface area contributed by atoms with Crippen LogP contribution in [0, 0.1) is 0 Å². The third-order valence-corrected chi connectivity index (χ3v) is 2.20. The van der Waals surface area contributed by atoms with E-state index < -0.39 is 0 Å². The highest BCUT2D eigenvalue weighted by atomic mass is 16.5. The van der Waals surface area contributed by atoms with Gasteiger partial charge in [-0.25, -0.2) is 0 Å². The van der Waals surface area contributed by atoms with Crippen LogP contribution in [0.1, 0.15) is 18.4 Å². The Labute approximate surface area is 77.5 Å². The van der Waals surface area contributed by atoms with Crippen molar-refractivity contribution in [3.8, 4) is 5.75 Å². The first-order chi connectivity index (χ1) is 6.31. The van der Waals surface area contributed by atoms with E-state index in [1.54, 1.807) is 7.11 Å². The van der Waals surface area contributed by atoms with Crippen molar-refractivity contribution in [3.63, 3.8) is 0 Å². The maximum atomic E-state index is 9.66. The highest BCUT2D eigenvalue weighted by Crippen LogP contribution is 2.35. The Hall–Kier alpha value is -1.44. The van der Waals surface area contributed by atoms with Gasteiger partial charge in [-0.2, -0.15) is 0 Å². The molecule has 0 unspecified atom stereocenters. The van der Waals surface area contributed by atoms with Gasteiger partial charge in [0.1, 0.15) is 11.5 Å². The number of methoxy groups -OCH3 is 1. The number of aliphatic hydroxyl groups excluding tert-OH is 1. The summed E-state index contributed by atoms with van der Waals surface area (Å²) in [5, 5.41) is 9.66. The highest BCUT2D eigenvalue weighted by molar-refractivity contribution is 5.65. The molecule has 0 amide bonds. The smallest absolute Gasteiger partial charge is 0.122 e. The van der Waals surface area contributed by atoms with E-state index in [1.165, 1.54) is 0 Å². The van der Waals surface area contributed by atoms with Crippen molar-refractivity contribution in [1.82, 2.24) is 0 Å². The van der Waals surface area contributed by atoms with Crippen LogP contribution in [0.4, 0.5) is 0 Å². The minimum atomic E-state index is 0.447. The van der Waals surface area contributed by atoms with E-state index in [2.05, 4.69) is 0 Å². The molecule has 1 aromatic carbocycles. The zero-order valence-corrected chi connectivity index (χ0v) is 7.58. The van der Waals surface area contributed by atoms with Crippen molar-refractivity contribution in [3.05, 3.63) is 35.4 Å². The number of hydrogen-bond donors (Lipinski definition) is 1. The van der Waals surface area contributed by atoms with E-state index in [0.29, 0.717) is 5.76 Å². The molecule has 1 aliphatic rings. The summed E-state index contributed by atoms with van der Waals surface area (Å²) in [6.07, 6.45) is 2.08. The summed E-state index contributed by atoms with van der Waals surface area (Å²) in [6, 6.07) is 7.46. The van der Waals surface area contributed by atoms with Crippen LogP contribution in [-0.4, -0.2) is 12.2 Å². The van der Waals surface area contributed by atoms with Crippen LogP contribution in [-0.2, 0) is 0 Å². The first-order valence-electron chi connectivity index (χ1n) is 4.36. The standard InChI is InChI=1S/C11H12O2/c1-13-10-6-4-9(5-7-10)11(12)8-2-3-8/h4-7,12H,2-3H2,1H3. The number of ether oxygens (including phenoxy) is 1. The number of aliphatic hydroxyl groups is 1. The molecule has 0 atom stereocenters. The van der Waals surface area contributed by atoms with Crippen molar-refractivity contribution < 1.29 is 9.84 Å². The largest absolute Gasteiger partial charge is 0.507 e. The van der Waals surface area contributed by atoms with Gasteiger partial charge in [-0.15, -0.1) is 0 Å². The summed E-state index contributed by atoms with van der Waals surface area (Å²) in [7, 11) is 1.63. The predicted octanol–water partition coefficient (Wildman–Crippen LogP) is 2.76. The van der Waals surface area contributed by atoms with Gasteiger partial charge in [0.15, 0.2) is 0 Å². The fraction of sp³-hybridized carbons (Fsp3) is 0.273. The molecule has 2 heteroatoms. The summed E-state index contributed by atoms with van der Waals surface area (Å²) in [4.78, 5) is 0. The SMILES string of the molecule is COc1ccc(C(O)=C2CC2)cc1. The zero-order valence-electron chi connectivity index (χ0n) is 7.58. The maximum absolute atomic E-state index is 9.66. The van der Waals surface area contributed by atoms with Gasteiger partial charge < -0.3 is 9.84 Å². The van der Waals surface area contributed by atoms with E-state index in [1.807, 2.05) is 24.3 Å². The van der Waals surface area contributed by atoms with Crippen LogP contribution in [0.5, 0.6) is 5.75 Å². The van der Waals surface area contributed by atoms with Gasteiger partial charge in [-0.3, -0.25) is 0 Å². The van der Waals surface area contributed by atoms with E-state index in [0.717, 1.165) is 29.7 Å². The van der Waals surface area contributed by atoms with E-state index in [-0.39, 0.29) is 0 Å². The molecule has 1 fully saturated rings. The lowest BCUT2D eigenvalue weighted by atomic mass is 10.1. The predicted molar refractivity (Wildman–Crippen MR) is 51.8 cm³/mol. The highest BCUT2D eigenvalue weighted by Gasteiger charge is 2.18. The second-order valence-electron chi connectivity index (χ2n) is 3.18. The molecule has 0 saturated heterocycles. The molecular formula is C11H12O2. The number of hydrogen-bond acceptors (Lipinski definition) is 2. The normalized spacial score (nSPS) is 14.1. The molecule has 1 aliphatic carbocycles. The van der Waals surface area contributed by atoms with E-state index >= 15 is 0 Å². The lowest BCUT2D eigenvalue weighted by Crippen LogP contribution is -1.85. The van der Waals surface area contributed by atoms with Gasteiger partial charge in [0.05, 0.1) is 7.11 Å². The summed E-state index contributed by atoms with van der Waals surface area (Å²) in [6.45, 7) is 0. The molecule has 0 aliphatic heterocycles. The van der Waals surface area contributed by atoms with Gasteiger partial charge in [-0.05, 0) is 42.7 Å². The quantitative estimate of drug-likeness (QED) is 0.702. The van der Waals surface area contributed by atoms with Gasteiger partial charge >= 0.3 is 0 Å². The molecule has 13 heavy (non-hydrogen) atoms. The first kappa shape index (κ1) is 8.17. The van der Waals surface area contributed by atoms with Crippen LogP contribution < -0.4 is 4.74 Å². The number of allylic oxidation sites excluding steroid dienone is 1. The first-order valence-corrected chi connectivity index (χ1v) is 4.36. The van der Waals surface area contributed by atoms with Crippen LogP contribution in [0.3, 0.4) is 0 Å². The van der Waals surface area contributed by atoms with E-state index in [9.17, 15) is 5.11 Å². The second-order valence-corrected chi connectivity index (χ2v) is 3.18. The minimum absolute atomic E-state index is 0.447. The molecule has 0 heterocycles. The molecule has 0 spiro atoms. The van der Waals surface area contributed by atoms with Crippen molar-refractivity contribution in [2.45, 2.75) is 12.8 Å². The summed E-state index contributed by atoms with van der Waals surface area (Å²) in [5.74, 6) is 1.26. The van der Waals surface area contributed by atoms with Crippen molar-refractivity contribution in [2.75, 3.05) is 7.11 Å². The monoisotopic (exact) mass is 176 g/mol. The lowest BCUT2D eigenvalue weighted by Gasteiger charge is -2.01. The van der Waals surface area contributed by atoms with Crippen LogP contribution in [0.2, 0.25) is 0 Å². The van der Waals surface area contributed by atoms with Gasteiger partial charge in [-0.1, -0.05) is 0 Å². The van der Waals surface area contributed by atoms with Crippen LogP contribution in [0.25, 0.3) is 5.76 Å². The Morgan fingerprint density at radius 2 is 1.85 bits per heavy atom. The average Bonchev–Trinajstić information content (AvgIpc) is 3.00. The second kappa shape index (κ2) is 3.13. The Morgan fingerprint density at radius 3 is 2.31 bits per heavy atom. The Kier molecular flexibility index (Phi) is 1.97. The molecule has 2 rings (SSSR count). The Bertz CT molecular complexity index is 330. The lowest BCUT2D eigenvalue weighted by molar-refractivity contribution is 0.414. The molecule has 0 aromatic heterocycles. The maximum Gasteiger partial charge on any atom is 0.122 e. The van der Waals surface area contributed by atoms with Crippen LogP contribution >= 0.6 is 0 Å². The van der Waals surface area contributed by atoms with Crippen LogP contribution in [0.15, 0.2) is 29.8 Å². The van der Waals surface area contributed by atoms with Crippen molar-refractivity contribution in [1.29, 1.82) is 0 Å². The Morgan fingerprint density at radius 1 is 1.23 bits per heavy atom. The fourth-order valence-corrected chi connectivity index (χ4v) is 1.25. The minimum Gasteiger partial charge on any atom is -0.507 e. The molecule has 1 aromatic rings. The summed E-state index contributed by atoms with van der Waals surface area (Å²) < 4.78 is 5.03. The molecule has 68 valence electrons. The number of rotatable bonds is 2. The molecule has 0 radical (unpaired) electrons. The summed E-state index contributed by atoms with van der Waals surface area (Å²) in [5.41, 5.74) is 2.04. The third-order valence-electron chi connectivity index (χ3n) is 2.20. The van der Waals surface area contributed by atoms with Gasteiger partial charge in [0.2, 0.25) is 0 Å². The molecule has 0 bridgehead atoms. The Balaban J connectivity index is 2.27. The van der Waals surface area contributed by atoms with Crippen molar-refractivity contribution in [2.24, 2.45) is 0 Å². The van der Waals surface area contributed by atoms with E-state index in [4.69, 9.17) is 4.74 Å². The molecular weight excluding hydrogens is 164 g/mol. The topological polar surface area (TPSA) is 29.5 Å². The fourth-order valence-electron chi connectivity index (χ4n) is 1.25. The third kappa shape index (κ3) is 1.66. The van der Waals surface area contributed by atoms with Crippen molar-refractivity contribution >= 4 is 5.76 Å². The summed E-state index contributed by atoms with van der Waals surface area (Å²) >= 11 is 0. The zero-order chi connectivity index (χ0) is 9.26. The van der Waals surface area contributed by atoms with Gasteiger partial charge in [0, 0.05) is 5.56 Å². The number of benzene rings is 1. The molecule has 1 saturated carbocycles. The molecule has 2 nitrogen and oxygen atoms in total. The van der Waals surface area contributed by atoms with Gasteiger partial charge in [0.25, 0.3) is 0 Å².